The molecule has 0 aliphatic rings. The maximum absolute atomic E-state index is 13.3. The van der Waals surface area contributed by atoms with Crippen molar-refractivity contribution in [2.24, 2.45) is 0 Å². The van der Waals surface area contributed by atoms with Crippen LogP contribution in [0.5, 0.6) is 0 Å². The molecule has 0 radical (unpaired) electrons. The molecule has 1 aromatic heterocycles. The molecule has 5 heteroatoms. The number of imidazole rings is 1. The zero-order valence-electron chi connectivity index (χ0n) is 11.7. The zero-order valence-corrected chi connectivity index (χ0v) is 11.7. The van der Waals surface area contributed by atoms with Crippen LogP contribution in [0.25, 0.3) is 16.7 Å². The van der Waals surface area contributed by atoms with Crippen LogP contribution in [0.4, 0.5) is 10.3 Å². The van der Waals surface area contributed by atoms with Crippen molar-refractivity contribution in [2.75, 3.05) is 19.5 Å². The molecule has 21 heavy (non-hydrogen) atoms. The van der Waals surface area contributed by atoms with Gasteiger partial charge < -0.3 is 10.5 Å². The molecular formula is C16H16FN3O. The van der Waals surface area contributed by atoms with Crippen LogP contribution < -0.4 is 5.73 Å². The lowest BCUT2D eigenvalue weighted by Gasteiger charge is -2.12. The summed E-state index contributed by atoms with van der Waals surface area (Å²) in [5.74, 6) is 0.0280. The first kappa shape index (κ1) is 13.6. The molecule has 0 unspecified atom stereocenters. The summed E-state index contributed by atoms with van der Waals surface area (Å²) >= 11 is 0. The molecule has 0 spiro atoms. The van der Waals surface area contributed by atoms with Crippen molar-refractivity contribution in [3.8, 4) is 5.69 Å². The van der Waals surface area contributed by atoms with Gasteiger partial charge in [-0.1, -0.05) is 18.2 Å². The normalized spacial score (nSPS) is 11.1. The largest absolute Gasteiger partial charge is 0.384 e. The summed E-state index contributed by atoms with van der Waals surface area (Å²) in [6.45, 7) is 0.623. The number of nitrogens with zero attached hydrogens (tertiary/aromatic N) is 2. The molecule has 2 N–H and O–H groups in total. The van der Waals surface area contributed by atoms with E-state index in [1.165, 1.54) is 12.1 Å². The number of benzene rings is 2. The van der Waals surface area contributed by atoms with Gasteiger partial charge in [-0.2, -0.15) is 0 Å². The van der Waals surface area contributed by atoms with E-state index in [0.29, 0.717) is 18.1 Å². The first-order chi connectivity index (χ1) is 10.2. The van der Waals surface area contributed by atoms with Gasteiger partial charge in [-0.25, -0.2) is 9.37 Å². The van der Waals surface area contributed by atoms with E-state index < -0.39 is 0 Å². The van der Waals surface area contributed by atoms with Gasteiger partial charge in [0.15, 0.2) is 0 Å². The fourth-order valence-electron chi connectivity index (χ4n) is 2.48. The Morgan fingerprint density at radius 3 is 2.86 bits per heavy atom. The first-order valence-corrected chi connectivity index (χ1v) is 6.71. The second-order valence-corrected chi connectivity index (χ2v) is 4.81. The van der Waals surface area contributed by atoms with E-state index in [1.807, 2.05) is 28.8 Å². The molecule has 1 heterocycles. The van der Waals surface area contributed by atoms with Crippen molar-refractivity contribution in [1.29, 1.82) is 0 Å². The van der Waals surface area contributed by atoms with Crippen LogP contribution in [0.15, 0.2) is 42.5 Å². The Hall–Kier alpha value is -2.40. The highest BCUT2D eigenvalue weighted by Crippen LogP contribution is 2.26. The van der Waals surface area contributed by atoms with Crippen LogP contribution in [-0.4, -0.2) is 23.3 Å². The molecule has 3 rings (SSSR count). The van der Waals surface area contributed by atoms with Gasteiger partial charge in [0.1, 0.15) is 5.82 Å². The maximum atomic E-state index is 13.3. The van der Waals surface area contributed by atoms with Gasteiger partial charge in [-0.3, -0.25) is 4.57 Å². The van der Waals surface area contributed by atoms with Crippen LogP contribution in [0.1, 0.15) is 5.56 Å². The van der Waals surface area contributed by atoms with Crippen LogP contribution in [0.2, 0.25) is 0 Å². The molecule has 0 bridgehead atoms. The summed E-state index contributed by atoms with van der Waals surface area (Å²) in [6, 6.07) is 12.4. The second-order valence-electron chi connectivity index (χ2n) is 4.81. The second kappa shape index (κ2) is 5.54. The molecule has 3 aromatic rings. The number of anilines is 1. The molecule has 108 valence electrons. The average Bonchev–Trinajstić information content (AvgIpc) is 2.80. The van der Waals surface area contributed by atoms with E-state index >= 15 is 0 Å². The van der Waals surface area contributed by atoms with Crippen molar-refractivity contribution in [1.82, 2.24) is 9.55 Å². The van der Waals surface area contributed by atoms with E-state index in [2.05, 4.69) is 4.98 Å². The van der Waals surface area contributed by atoms with Crippen LogP contribution in [-0.2, 0) is 11.2 Å². The molecule has 0 amide bonds. The van der Waals surface area contributed by atoms with Crippen molar-refractivity contribution >= 4 is 17.0 Å². The predicted molar refractivity (Wildman–Crippen MR) is 81.0 cm³/mol. The van der Waals surface area contributed by atoms with Gasteiger partial charge in [0.25, 0.3) is 0 Å². The Morgan fingerprint density at radius 2 is 2.05 bits per heavy atom. The predicted octanol–water partition coefficient (Wildman–Crippen LogP) is 2.94. The van der Waals surface area contributed by atoms with E-state index in [4.69, 9.17) is 10.5 Å². The van der Waals surface area contributed by atoms with Crippen molar-refractivity contribution < 1.29 is 9.13 Å². The lowest BCUT2D eigenvalue weighted by molar-refractivity contribution is 0.202. The molecule has 0 aliphatic carbocycles. The third-order valence-corrected chi connectivity index (χ3v) is 3.45. The SMILES string of the molecule is COCCc1ccccc1-n1c(N)nc2cc(F)ccc21. The number of aromatic nitrogens is 2. The minimum atomic E-state index is -0.320. The smallest absolute Gasteiger partial charge is 0.205 e. The zero-order chi connectivity index (χ0) is 14.8. The molecule has 4 nitrogen and oxygen atoms in total. The van der Waals surface area contributed by atoms with Gasteiger partial charge in [-0.15, -0.1) is 0 Å². The number of ether oxygens (including phenoxy) is 1. The topological polar surface area (TPSA) is 53.1 Å². The number of para-hydroxylation sites is 1. The lowest BCUT2D eigenvalue weighted by Crippen LogP contribution is -2.05. The summed E-state index contributed by atoms with van der Waals surface area (Å²) in [4.78, 5) is 4.24. The van der Waals surface area contributed by atoms with Gasteiger partial charge in [0, 0.05) is 13.2 Å². The van der Waals surface area contributed by atoms with Crippen LogP contribution in [0.3, 0.4) is 0 Å². The van der Waals surface area contributed by atoms with Crippen LogP contribution >= 0.6 is 0 Å². The van der Waals surface area contributed by atoms with Gasteiger partial charge in [-0.05, 0) is 30.2 Å². The average molecular weight is 285 g/mol. The Balaban J connectivity index is 2.18. The Bertz CT molecular complexity index is 782. The van der Waals surface area contributed by atoms with Crippen LogP contribution in [0, 0.1) is 5.82 Å². The van der Waals surface area contributed by atoms with E-state index in [-0.39, 0.29) is 5.82 Å². The molecule has 0 aliphatic heterocycles. The number of hydrogen-bond acceptors (Lipinski definition) is 3. The van der Waals surface area contributed by atoms with Gasteiger partial charge in [0.05, 0.1) is 23.3 Å². The van der Waals surface area contributed by atoms with Gasteiger partial charge >= 0.3 is 0 Å². The third-order valence-electron chi connectivity index (χ3n) is 3.45. The highest BCUT2D eigenvalue weighted by atomic mass is 19.1. The van der Waals surface area contributed by atoms with Gasteiger partial charge in [0.2, 0.25) is 5.95 Å². The van der Waals surface area contributed by atoms with Crippen molar-refractivity contribution in [2.45, 2.75) is 6.42 Å². The standard InChI is InChI=1S/C16H16FN3O/c1-21-9-8-11-4-2-3-5-14(11)20-15-7-6-12(17)10-13(15)19-16(20)18/h2-7,10H,8-9H2,1H3,(H2,18,19). The van der Waals surface area contributed by atoms with E-state index in [9.17, 15) is 4.39 Å². The quantitative estimate of drug-likeness (QED) is 0.802. The Morgan fingerprint density at radius 1 is 1.24 bits per heavy atom. The molecule has 0 atom stereocenters. The number of halogens is 1. The molecule has 0 fully saturated rings. The number of fused-ring (bicyclic) bond motifs is 1. The summed E-state index contributed by atoms with van der Waals surface area (Å²) in [6.07, 6.45) is 0.771. The van der Waals surface area contributed by atoms with E-state index in [1.54, 1.807) is 13.2 Å². The lowest BCUT2D eigenvalue weighted by atomic mass is 10.1. The van der Waals surface area contributed by atoms with E-state index in [0.717, 1.165) is 23.2 Å². The number of nitrogen functional groups attached to an aromatic ring is 1. The monoisotopic (exact) mass is 285 g/mol. The summed E-state index contributed by atoms with van der Waals surface area (Å²) in [7, 11) is 1.67. The molecular weight excluding hydrogens is 269 g/mol. The molecule has 2 aromatic carbocycles. The molecule has 0 saturated carbocycles. The number of methoxy groups -OCH3 is 1. The highest BCUT2D eigenvalue weighted by molar-refractivity contribution is 5.81. The van der Waals surface area contributed by atoms with Crippen molar-refractivity contribution in [3.63, 3.8) is 0 Å². The first-order valence-electron chi connectivity index (χ1n) is 6.71. The minimum absolute atomic E-state index is 0.320. The number of nitrogens with two attached hydrogens (primary N) is 1. The minimum Gasteiger partial charge on any atom is -0.384 e. The van der Waals surface area contributed by atoms with Crippen molar-refractivity contribution in [3.05, 3.63) is 53.8 Å². The number of rotatable bonds is 4. The maximum Gasteiger partial charge on any atom is 0.205 e. The Labute approximate surface area is 122 Å². The number of hydrogen-bond donors (Lipinski definition) is 1. The molecule has 0 saturated heterocycles. The Kier molecular flexibility index (Phi) is 3.58. The highest BCUT2D eigenvalue weighted by Gasteiger charge is 2.13. The summed E-state index contributed by atoms with van der Waals surface area (Å²) < 4.78 is 20.3. The fourth-order valence-corrected chi connectivity index (χ4v) is 2.48. The fraction of sp³-hybridized carbons (Fsp3) is 0.188. The third kappa shape index (κ3) is 2.48. The summed E-state index contributed by atoms with van der Waals surface area (Å²) in [5.41, 5.74) is 9.42. The summed E-state index contributed by atoms with van der Waals surface area (Å²) in [5, 5.41) is 0.